The van der Waals surface area contributed by atoms with E-state index in [9.17, 15) is 8.42 Å². The lowest BCUT2D eigenvalue weighted by molar-refractivity contribution is 0.277. The number of nitrogens with one attached hydrogen (secondary N) is 2. The Hall–Kier alpha value is -4.05. The number of anilines is 3. The van der Waals surface area contributed by atoms with Gasteiger partial charge >= 0.3 is 10.2 Å². The molecule has 0 aliphatic carbocycles. The van der Waals surface area contributed by atoms with Crippen molar-refractivity contribution in [1.82, 2.24) is 24.6 Å². The van der Waals surface area contributed by atoms with Crippen LogP contribution in [0.1, 0.15) is 19.5 Å². The molecule has 3 aromatic heterocycles. The van der Waals surface area contributed by atoms with E-state index < -0.39 is 10.2 Å². The second kappa shape index (κ2) is 15.4. The summed E-state index contributed by atoms with van der Waals surface area (Å²) < 4.78 is 29.3. The van der Waals surface area contributed by atoms with Gasteiger partial charge in [0.15, 0.2) is 0 Å². The van der Waals surface area contributed by atoms with Crippen LogP contribution in [0.5, 0.6) is 0 Å². The Labute approximate surface area is 258 Å². The smallest absolute Gasteiger partial charge is 0.303 e. The fourth-order valence-electron chi connectivity index (χ4n) is 4.72. The molecule has 5 rings (SSSR count). The van der Waals surface area contributed by atoms with Crippen LogP contribution in [0, 0.1) is 13.1 Å². The van der Waals surface area contributed by atoms with Gasteiger partial charge in [-0.1, -0.05) is 18.2 Å². The topological polar surface area (TPSA) is 136 Å². The van der Waals surface area contributed by atoms with Gasteiger partial charge in [0.2, 0.25) is 11.4 Å². The molecule has 13 nitrogen and oxygen atoms in total. The zero-order valence-corrected chi connectivity index (χ0v) is 25.6. The molecule has 3 aromatic rings. The first-order valence-electron chi connectivity index (χ1n) is 13.5. The Kier molecular flexibility index (Phi) is 12.0. The highest BCUT2D eigenvalue weighted by atomic mass is 35.5. The summed E-state index contributed by atoms with van der Waals surface area (Å²) in [6, 6.07) is 12.2. The van der Waals surface area contributed by atoms with Gasteiger partial charge in [-0.25, -0.2) is 14.7 Å². The number of nitrogens with zero attached hydrogens (tertiary/aromatic N) is 8. The van der Waals surface area contributed by atoms with Gasteiger partial charge in [0.25, 0.3) is 0 Å². The van der Waals surface area contributed by atoms with E-state index in [0.29, 0.717) is 42.7 Å². The van der Waals surface area contributed by atoms with Crippen LogP contribution in [-0.2, 0) is 16.8 Å². The zero-order chi connectivity index (χ0) is 30.1. The minimum absolute atomic E-state index is 0. The molecule has 43 heavy (non-hydrogen) atoms. The Morgan fingerprint density at radius 2 is 1.58 bits per heavy atom. The molecule has 0 spiro atoms. The number of hydrogen-bond acceptors (Lipinski definition) is 9. The molecule has 0 amide bonds. The van der Waals surface area contributed by atoms with Gasteiger partial charge in [-0.3, -0.25) is 14.7 Å². The number of aliphatic hydroxyl groups excluding tert-OH is 1. The first-order chi connectivity index (χ1) is 20.2. The molecule has 0 bridgehead atoms. The van der Waals surface area contributed by atoms with E-state index in [1.165, 1.54) is 10.5 Å². The number of aliphatic hydroxyl groups is 1. The first-order valence-corrected chi connectivity index (χ1v) is 14.9. The van der Waals surface area contributed by atoms with E-state index in [1.807, 2.05) is 24.0 Å². The van der Waals surface area contributed by atoms with Crippen molar-refractivity contribution >= 4 is 51.4 Å². The van der Waals surface area contributed by atoms with Crippen molar-refractivity contribution in [2.75, 3.05) is 53.8 Å². The lowest BCUT2D eigenvalue weighted by Gasteiger charge is -2.39. The second-order valence-corrected chi connectivity index (χ2v) is 11.6. The summed E-state index contributed by atoms with van der Waals surface area (Å²) in [6.45, 7) is 21.8. The lowest BCUT2D eigenvalue weighted by atomic mass is 10.2. The van der Waals surface area contributed by atoms with E-state index in [2.05, 4.69) is 46.5 Å². The van der Waals surface area contributed by atoms with Crippen LogP contribution in [0.3, 0.4) is 0 Å². The Bertz CT molecular complexity index is 1530. The average molecular weight is 627 g/mol. The largest absolute Gasteiger partial charge is 0.390 e. The minimum Gasteiger partial charge on any atom is -0.390 e. The second-order valence-electron chi connectivity index (χ2n) is 9.96. The molecule has 2 saturated heterocycles. The molecular weight excluding hydrogens is 592 g/mol. The number of rotatable bonds is 6. The number of piperazine rings is 2. The summed E-state index contributed by atoms with van der Waals surface area (Å²) >= 11 is 0. The maximum absolute atomic E-state index is 12.7. The van der Waals surface area contributed by atoms with Crippen molar-refractivity contribution in [3.8, 4) is 0 Å². The predicted molar refractivity (Wildman–Crippen MR) is 169 cm³/mol. The van der Waals surface area contributed by atoms with Crippen LogP contribution in [0.2, 0.25) is 0 Å². The average Bonchev–Trinajstić information content (AvgIpc) is 3.01. The molecule has 0 radical (unpaired) electrons. The molecule has 0 aromatic carbocycles. The highest BCUT2D eigenvalue weighted by Gasteiger charge is 2.33. The van der Waals surface area contributed by atoms with Crippen molar-refractivity contribution < 1.29 is 13.5 Å². The molecule has 0 saturated carbocycles. The number of hydrogen-bond donors (Lipinski definition) is 3. The third-order valence-corrected chi connectivity index (χ3v) is 8.44. The van der Waals surface area contributed by atoms with Gasteiger partial charge in [0.1, 0.15) is 17.5 Å². The molecule has 2 unspecified atom stereocenters. The van der Waals surface area contributed by atoms with Crippen LogP contribution in [0.25, 0.3) is 9.69 Å². The normalized spacial score (nSPS) is 18.7. The molecule has 2 fully saturated rings. The molecule has 228 valence electrons. The van der Waals surface area contributed by atoms with Gasteiger partial charge in [0.05, 0.1) is 25.4 Å². The van der Waals surface area contributed by atoms with E-state index in [0.717, 1.165) is 31.3 Å². The number of halogens is 1. The van der Waals surface area contributed by atoms with E-state index in [4.69, 9.17) is 18.3 Å². The standard InChI is InChI=1S/C17H20N6O3S.C11H14N4.ClH/c1-13-11-22(17-7-6-14(18-2)10-19-17)8-9-23(13)27(25,26)21-16-5-3-4-15(12-24)20-16;1-9-8-15(6-5-13-9)11-4-3-10(12-2)7-14-11;/h3-7,10,13,24H,8-9,11-12H2,1H3,(H,20,21);3-4,7,9,13H,5-6,8H2,1H3;1H. The van der Waals surface area contributed by atoms with Crippen LogP contribution >= 0.6 is 12.4 Å². The van der Waals surface area contributed by atoms with E-state index in [-0.39, 0.29) is 30.9 Å². The molecule has 2 aliphatic rings. The third-order valence-electron chi connectivity index (χ3n) is 6.82. The summed E-state index contributed by atoms with van der Waals surface area (Å²) in [5, 5.41) is 12.5. The maximum atomic E-state index is 12.7. The molecular formula is C28H35ClN10O3S. The van der Waals surface area contributed by atoms with Crippen molar-refractivity contribution in [2.45, 2.75) is 32.5 Å². The lowest BCUT2D eigenvalue weighted by Crippen LogP contribution is -2.55. The van der Waals surface area contributed by atoms with Crippen LogP contribution in [-0.4, -0.2) is 84.1 Å². The van der Waals surface area contributed by atoms with Crippen LogP contribution < -0.4 is 19.8 Å². The van der Waals surface area contributed by atoms with Crippen molar-refractivity contribution in [2.24, 2.45) is 0 Å². The summed E-state index contributed by atoms with van der Waals surface area (Å²) in [5.41, 5.74) is 1.46. The van der Waals surface area contributed by atoms with Gasteiger partial charge in [-0.15, -0.1) is 12.4 Å². The highest BCUT2D eigenvalue weighted by molar-refractivity contribution is 7.90. The Balaban J connectivity index is 0.000000268. The monoisotopic (exact) mass is 626 g/mol. The summed E-state index contributed by atoms with van der Waals surface area (Å²) in [6.07, 6.45) is 3.15. The van der Waals surface area contributed by atoms with Crippen molar-refractivity contribution in [1.29, 1.82) is 0 Å². The summed E-state index contributed by atoms with van der Waals surface area (Å²) in [4.78, 5) is 23.5. The molecule has 2 atom stereocenters. The van der Waals surface area contributed by atoms with Crippen LogP contribution in [0.4, 0.5) is 28.8 Å². The minimum atomic E-state index is -3.77. The Morgan fingerprint density at radius 3 is 2.09 bits per heavy atom. The number of aromatic nitrogens is 3. The molecule has 5 heterocycles. The van der Waals surface area contributed by atoms with Crippen molar-refractivity contribution in [3.05, 3.63) is 83.4 Å². The summed E-state index contributed by atoms with van der Waals surface area (Å²) in [7, 11) is -3.77. The first kappa shape index (κ1) is 33.5. The maximum Gasteiger partial charge on any atom is 0.303 e. The van der Waals surface area contributed by atoms with Gasteiger partial charge < -0.3 is 20.2 Å². The molecule has 15 heteroatoms. The summed E-state index contributed by atoms with van der Waals surface area (Å²) in [5.74, 6) is 1.86. The zero-order valence-electron chi connectivity index (χ0n) is 24.0. The van der Waals surface area contributed by atoms with Gasteiger partial charge in [-0.05, 0) is 38.1 Å². The molecule has 3 N–H and O–H groups in total. The number of pyridine rings is 3. The quantitative estimate of drug-likeness (QED) is 0.352. The van der Waals surface area contributed by atoms with Gasteiger partial charge in [0, 0.05) is 63.7 Å². The van der Waals surface area contributed by atoms with Gasteiger partial charge in [-0.2, -0.15) is 12.7 Å². The van der Waals surface area contributed by atoms with E-state index in [1.54, 1.807) is 36.5 Å². The van der Waals surface area contributed by atoms with Crippen molar-refractivity contribution in [3.63, 3.8) is 0 Å². The van der Waals surface area contributed by atoms with E-state index >= 15 is 0 Å². The Morgan fingerprint density at radius 1 is 0.953 bits per heavy atom. The SMILES string of the molecule is Cl.[C-]#[N+]c1ccc(N2CCN(S(=O)(=O)Nc3cccc(CO)n3)C(C)C2)nc1.[C-]#[N+]c1ccc(N2CCNC(C)C2)nc1. The highest BCUT2D eigenvalue weighted by Crippen LogP contribution is 2.22. The predicted octanol–water partition coefficient (Wildman–Crippen LogP) is 3.24. The fraction of sp³-hybridized carbons (Fsp3) is 0.393. The third kappa shape index (κ3) is 8.97. The molecule has 2 aliphatic heterocycles. The fourth-order valence-corrected chi connectivity index (χ4v) is 6.08. The van der Waals surface area contributed by atoms with Crippen LogP contribution in [0.15, 0.2) is 54.9 Å².